The van der Waals surface area contributed by atoms with Gasteiger partial charge in [0, 0.05) is 55.7 Å². The molecular formula is C24H33N3O3. The van der Waals surface area contributed by atoms with E-state index in [1.807, 2.05) is 36.9 Å². The number of fused-ring (bicyclic) bond motifs is 1. The minimum absolute atomic E-state index is 0.0423. The third kappa shape index (κ3) is 4.53. The van der Waals surface area contributed by atoms with Gasteiger partial charge in [-0.2, -0.15) is 0 Å². The number of methoxy groups -OCH3 is 1. The number of ether oxygens (including phenoxy) is 2. The molecule has 0 aliphatic carbocycles. The standard InChI is InChI=1S/C24H33N3O3/c1-17(2)24(28)27(16-21-7-6-12-30-21)15-19-13-18-8-9-20(29-3)14-22(18)25-23(19)26-10-4-5-11-26/h8-9,13-14,17,21H,4-7,10-12,15-16H2,1-3H3. The predicted octanol–water partition coefficient (Wildman–Crippen LogP) is 4.01. The monoisotopic (exact) mass is 411 g/mol. The number of pyridine rings is 1. The third-order valence-corrected chi connectivity index (χ3v) is 6.10. The first-order valence-corrected chi connectivity index (χ1v) is 11.2. The molecule has 2 fully saturated rings. The zero-order valence-electron chi connectivity index (χ0n) is 18.4. The van der Waals surface area contributed by atoms with Crippen LogP contribution in [0.4, 0.5) is 5.82 Å². The lowest BCUT2D eigenvalue weighted by atomic mass is 10.1. The van der Waals surface area contributed by atoms with E-state index in [0.29, 0.717) is 13.1 Å². The fourth-order valence-electron chi connectivity index (χ4n) is 4.46. The highest BCUT2D eigenvalue weighted by Crippen LogP contribution is 2.30. The zero-order valence-corrected chi connectivity index (χ0v) is 18.4. The molecule has 0 spiro atoms. The van der Waals surface area contributed by atoms with Crippen LogP contribution in [0.15, 0.2) is 24.3 Å². The molecule has 1 amide bonds. The Labute approximate surface area is 179 Å². The molecule has 0 bridgehead atoms. The second-order valence-electron chi connectivity index (χ2n) is 8.73. The average molecular weight is 412 g/mol. The Balaban J connectivity index is 1.70. The van der Waals surface area contributed by atoms with Gasteiger partial charge < -0.3 is 19.3 Å². The van der Waals surface area contributed by atoms with Crippen LogP contribution in [0.3, 0.4) is 0 Å². The Hall–Kier alpha value is -2.34. The van der Waals surface area contributed by atoms with E-state index in [2.05, 4.69) is 11.0 Å². The lowest BCUT2D eigenvalue weighted by Crippen LogP contribution is -2.39. The Morgan fingerprint density at radius 1 is 1.27 bits per heavy atom. The van der Waals surface area contributed by atoms with E-state index in [4.69, 9.17) is 14.5 Å². The van der Waals surface area contributed by atoms with E-state index < -0.39 is 0 Å². The second-order valence-corrected chi connectivity index (χ2v) is 8.73. The molecule has 2 aliphatic rings. The van der Waals surface area contributed by atoms with Crippen molar-refractivity contribution in [1.82, 2.24) is 9.88 Å². The summed E-state index contributed by atoms with van der Waals surface area (Å²) in [6.45, 7) is 7.98. The van der Waals surface area contributed by atoms with Gasteiger partial charge in [0.25, 0.3) is 0 Å². The fraction of sp³-hybridized carbons (Fsp3) is 0.583. The number of nitrogens with zero attached hydrogens (tertiary/aromatic N) is 3. The average Bonchev–Trinajstić information content (AvgIpc) is 3.46. The van der Waals surface area contributed by atoms with Crippen LogP contribution in [0.25, 0.3) is 10.9 Å². The van der Waals surface area contributed by atoms with Gasteiger partial charge in [-0.15, -0.1) is 0 Å². The summed E-state index contributed by atoms with van der Waals surface area (Å²) in [6.07, 6.45) is 4.60. The van der Waals surface area contributed by atoms with Crippen molar-refractivity contribution in [2.45, 2.75) is 52.2 Å². The second kappa shape index (κ2) is 9.21. The minimum Gasteiger partial charge on any atom is -0.497 e. The number of rotatable bonds is 7. The number of hydrogen-bond donors (Lipinski definition) is 0. The quantitative estimate of drug-likeness (QED) is 0.689. The number of anilines is 1. The molecule has 6 nitrogen and oxygen atoms in total. The lowest BCUT2D eigenvalue weighted by molar-refractivity contribution is -0.136. The van der Waals surface area contributed by atoms with E-state index in [0.717, 1.165) is 60.6 Å². The first-order valence-electron chi connectivity index (χ1n) is 11.2. The van der Waals surface area contributed by atoms with Crippen LogP contribution in [-0.2, 0) is 16.1 Å². The van der Waals surface area contributed by atoms with Crippen molar-refractivity contribution in [1.29, 1.82) is 0 Å². The third-order valence-electron chi connectivity index (χ3n) is 6.10. The lowest BCUT2D eigenvalue weighted by Gasteiger charge is -2.29. The van der Waals surface area contributed by atoms with Crippen molar-refractivity contribution >= 4 is 22.6 Å². The maximum atomic E-state index is 13.0. The van der Waals surface area contributed by atoms with Gasteiger partial charge in [-0.25, -0.2) is 4.98 Å². The number of carbonyl (C=O) groups is 1. The fourth-order valence-corrected chi connectivity index (χ4v) is 4.46. The highest BCUT2D eigenvalue weighted by atomic mass is 16.5. The minimum atomic E-state index is -0.0423. The van der Waals surface area contributed by atoms with Crippen molar-refractivity contribution in [3.05, 3.63) is 29.8 Å². The molecule has 1 atom stereocenters. The maximum Gasteiger partial charge on any atom is 0.225 e. The molecule has 30 heavy (non-hydrogen) atoms. The highest BCUT2D eigenvalue weighted by Gasteiger charge is 2.27. The van der Waals surface area contributed by atoms with Gasteiger partial charge in [0.05, 0.1) is 18.7 Å². The molecule has 3 heterocycles. The van der Waals surface area contributed by atoms with E-state index in [1.54, 1.807) is 7.11 Å². The van der Waals surface area contributed by atoms with Gasteiger partial charge in [-0.1, -0.05) is 13.8 Å². The summed E-state index contributed by atoms with van der Waals surface area (Å²) in [5.41, 5.74) is 2.04. The summed E-state index contributed by atoms with van der Waals surface area (Å²) in [7, 11) is 1.68. The first-order chi connectivity index (χ1) is 14.5. The smallest absolute Gasteiger partial charge is 0.225 e. The van der Waals surface area contributed by atoms with Gasteiger partial charge in [0.2, 0.25) is 5.91 Å². The van der Waals surface area contributed by atoms with Gasteiger partial charge in [0.1, 0.15) is 11.6 Å². The summed E-state index contributed by atoms with van der Waals surface area (Å²) in [5.74, 6) is 1.94. The van der Waals surface area contributed by atoms with Gasteiger partial charge in [-0.05, 0) is 43.9 Å². The highest BCUT2D eigenvalue weighted by molar-refractivity contribution is 5.84. The van der Waals surface area contributed by atoms with Crippen LogP contribution >= 0.6 is 0 Å². The van der Waals surface area contributed by atoms with Crippen molar-refractivity contribution in [3.63, 3.8) is 0 Å². The molecule has 1 aromatic heterocycles. The van der Waals surface area contributed by atoms with Crippen molar-refractivity contribution < 1.29 is 14.3 Å². The topological polar surface area (TPSA) is 54.9 Å². The Kier molecular flexibility index (Phi) is 6.42. The number of hydrogen-bond acceptors (Lipinski definition) is 5. The molecule has 162 valence electrons. The molecule has 1 aromatic carbocycles. The molecule has 2 aliphatic heterocycles. The van der Waals surface area contributed by atoms with Gasteiger partial charge in [-0.3, -0.25) is 4.79 Å². The zero-order chi connectivity index (χ0) is 21.1. The number of amides is 1. The predicted molar refractivity (Wildman–Crippen MR) is 119 cm³/mol. The van der Waals surface area contributed by atoms with E-state index in [9.17, 15) is 4.79 Å². The number of carbonyl (C=O) groups excluding carboxylic acids is 1. The Morgan fingerprint density at radius 3 is 2.73 bits per heavy atom. The SMILES string of the molecule is COc1ccc2cc(CN(CC3CCCO3)C(=O)C(C)C)c(N3CCCC3)nc2c1. The van der Waals surface area contributed by atoms with Crippen molar-refractivity contribution in [2.24, 2.45) is 5.92 Å². The molecule has 1 unspecified atom stereocenters. The van der Waals surface area contributed by atoms with Crippen LogP contribution in [-0.4, -0.2) is 55.2 Å². The molecule has 6 heteroatoms. The van der Waals surface area contributed by atoms with Crippen LogP contribution < -0.4 is 9.64 Å². The Morgan fingerprint density at radius 2 is 2.07 bits per heavy atom. The summed E-state index contributed by atoms with van der Waals surface area (Å²) >= 11 is 0. The van der Waals surface area contributed by atoms with Crippen LogP contribution in [0.2, 0.25) is 0 Å². The molecule has 4 rings (SSSR count). The van der Waals surface area contributed by atoms with Crippen LogP contribution in [0.1, 0.15) is 45.1 Å². The maximum absolute atomic E-state index is 13.0. The van der Waals surface area contributed by atoms with Crippen molar-refractivity contribution in [2.75, 3.05) is 38.3 Å². The van der Waals surface area contributed by atoms with Gasteiger partial charge >= 0.3 is 0 Å². The van der Waals surface area contributed by atoms with Crippen LogP contribution in [0, 0.1) is 5.92 Å². The summed E-state index contributed by atoms with van der Waals surface area (Å²) in [4.78, 5) is 22.4. The summed E-state index contributed by atoms with van der Waals surface area (Å²) in [6, 6.07) is 8.20. The molecule has 0 saturated carbocycles. The first kappa shape index (κ1) is 20.9. The molecular weight excluding hydrogens is 378 g/mol. The van der Waals surface area contributed by atoms with Gasteiger partial charge in [0.15, 0.2) is 0 Å². The van der Waals surface area contributed by atoms with E-state index >= 15 is 0 Å². The summed E-state index contributed by atoms with van der Waals surface area (Å²) < 4.78 is 11.2. The van der Waals surface area contributed by atoms with E-state index in [-0.39, 0.29) is 17.9 Å². The van der Waals surface area contributed by atoms with Crippen LogP contribution in [0.5, 0.6) is 5.75 Å². The number of benzene rings is 1. The number of aromatic nitrogens is 1. The summed E-state index contributed by atoms with van der Waals surface area (Å²) in [5, 5.41) is 1.07. The Bertz CT molecular complexity index is 887. The molecule has 0 N–H and O–H groups in total. The molecule has 2 saturated heterocycles. The van der Waals surface area contributed by atoms with Crippen molar-refractivity contribution in [3.8, 4) is 5.75 Å². The largest absolute Gasteiger partial charge is 0.497 e. The van der Waals surface area contributed by atoms with E-state index in [1.165, 1.54) is 12.8 Å². The normalized spacial score (nSPS) is 19.1. The molecule has 0 radical (unpaired) electrons. The molecule has 2 aromatic rings.